The molecular weight excluding hydrogens is 330 g/mol. The van der Waals surface area contributed by atoms with Crippen LogP contribution in [0.3, 0.4) is 0 Å². The minimum absolute atomic E-state index is 0.0389. The van der Waals surface area contributed by atoms with Crippen molar-refractivity contribution in [1.82, 2.24) is 19.8 Å². The highest BCUT2D eigenvalue weighted by molar-refractivity contribution is 5.77. The van der Waals surface area contributed by atoms with Gasteiger partial charge in [-0.1, -0.05) is 30.3 Å². The van der Waals surface area contributed by atoms with Gasteiger partial charge in [-0.05, 0) is 25.1 Å². The molecule has 2 heterocycles. The summed E-state index contributed by atoms with van der Waals surface area (Å²) in [7, 11) is 2.02. The van der Waals surface area contributed by atoms with Gasteiger partial charge in [-0.25, -0.2) is 9.97 Å². The molecule has 1 aromatic heterocycles. The van der Waals surface area contributed by atoms with Crippen LogP contribution in [0, 0.1) is 0 Å². The van der Waals surface area contributed by atoms with Gasteiger partial charge in [0.1, 0.15) is 18.2 Å². The summed E-state index contributed by atoms with van der Waals surface area (Å²) in [6.45, 7) is 2.63. The third-order valence-electron chi connectivity index (χ3n) is 4.59. The van der Waals surface area contributed by atoms with Gasteiger partial charge < -0.3 is 15.4 Å². The maximum Gasteiger partial charge on any atom is 0.248 e. The van der Waals surface area contributed by atoms with E-state index in [1.54, 1.807) is 12.3 Å². The Bertz CT molecular complexity index is 725. The van der Waals surface area contributed by atoms with E-state index in [4.69, 9.17) is 10.5 Å². The lowest BCUT2D eigenvalue weighted by Gasteiger charge is -2.24. The average Bonchev–Trinajstić information content (AvgIpc) is 3.13. The highest BCUT2D eigenvalue weighted by atomic mass is 16.5. The van der Waals surface area contributed by atoms with E-state index >= 15 is 0 Å². The number of nitrogens with zero attached hydrogens (tertiary/aromatic N) is 4. The van der Waals surface area contributed by atoms with Gasteiger partial charge in [-0.15, -0.1) is 0 Å². The fraction of sp³-hybridized carbons (Fsp3) is 0.421. The summed E-state index contributed by atoms with van der Waals surface area (Å²) in [6, 6.07) is 11.8. The molecule has 1 atom stereocenters. The lowest BCUT2D eigenvalue weighted by molar-refractivity contribution is -0.135. The van der Waals surface area contributed by atoms with Crippen LogP contribution < -0.4 is 5.73 Å². The Labute approximate surface area is 153 Å². The number of aromatic nitrogens is 2. The highest BCUT2D eigenvalue weighted by Crippen LogP contribution is 2.16. The molecule has 2 aromatic rings. The third kappa shape index (κ3) is 5.00. The molecule has 0 unspecified atom stereocenters. The summed E-state index contributed by atoms with van der Waals surface area (Å²) in [5, 5.41) is 0. The SMILES string of the molecule is CN(Cc1nccc(N)n1)[C@@H]1CCN(C(=O)COCc2ccccc2)C1. The Kier molecular flexibility index (Phi) is 6.14. The molecule has 0 aliphatic carbocycles. The summed E-state index contributed by atoms with van der Waals surface area (Å²) in [5.74, 6) is 1.21. The Hall–Kier alpha value is -2.51. The van der Waals surface area contributed by atoms with Crippen LogP contribution in [0.25, 0.3) is 0 Å². The van der Waals surface area contributed by atoms with Crippen molar-refractivity contribution in [2.45, 2.75) is 25.6 Å². The van der Waals surface area contributed by atoms with Gasteiger partial charge in [0.2, 0.25) is 5.91 Å². The molecule has 1 amide bonds. The predicted molar refractivity (Wildman–Crippen MR) is 99.0 cm³/mol. The minimum Gasteiger partial charge on any atom is -0.384 e. The van der Waals surface area contributed by atoms with Crippen molar-refractivity contribution in [3.05, 3.63) is 54.0 Å². The smallest absolute Gasteiger partial charge is 0.248 e. The highest BCUT2D eigenvalue weighted by Gasteiger charge is 2.29. The molecule has 2 N–H and O–H groups in total. The van der Waals surface area contributed by atoms with Gasteiger partial charge in [-0.2, -0.15) is 0 Å². The minimum atomic E-state index is 0.0389. The summed E-state index contributed by atoms with van der Waals surface area (Å²) in [5.41, 5.74) is 6.77. The quantitative estimate of drug-likeness (QED) is 0.806. The number of likely N-dealkylation sites (N-methyl/N-ethyl adjacent to an activating group) is 1. The van der Waals surface area contributed by atoms with E-state index in [0.29, 0.717) is 31.3 Å². The van der Waals surface area contributed by atoms with Crippen molar-refractivity contribution < 1.29 is 9.53 Å². The van der Waals surface area contributed by atoms with Gasteiger partial charge in [0.15, 0.2) is 0 Å². The molecule has 0 saturated carbocycles. The monoisotopic (exact) mass is 355 g/mol. The topological polar surface area (TPSA) is 84.6 Å². The second-order valence-electron chi connectivity index (χ2n) is 6.57. The second-order valence-corrected chi connectivity index (χ2v) is 6.57. The third-order valence-corrected chi connectivity index (χ3v) is 4.59. The van der Waals surface area contributed by atoms with Crippen LogP contribution >= 0.6 is 0 Å². The zero-order chi connectivity index (χ0) is 18.4. The molecule has 26 heavy (non-hydrogen) atoms. The molecule has 1 aliphatic rings. The number of hydrogen-bond acceptors (Lipinski definition) is 6. The van der Waals surface area contributed by atoms with Crippen molar-refractivity contribution in [2.75, 3.05) is 32.5 Å². The maximum atomic E-state index is 12.3. The molecule has 138 valence electrons. The average molecular weight is 355 g/mol. The maximum absolute atomic E-state index is 12.3. The van der Waals surface area contributed by atoms with Crippen LogP contribution in [0.2, 0.25) is 0 Å². The molecule has 1 aromatic carbocycles. The molecule has 1 saturated heterocycles. The van der Waals surface area contributed by atoms with Gasteiger partial charge >= 0.3 is 0 Å². The zero-order valence-corrected chi connectivity index (χ0v) is 15.0. The van der Waals surface area contributed by atoms with Crippen LogP contribution in [0.1, 0.15) is 17.8 Å². The van der Waals surface area contributed by atoms with E-state index in [2.05, 4.69) is 14.9 Å². The van der Waals surface area contributed by atoms with Crippen molar-refractivity contribution in [3.8, 4) is 0 Å². The number of ether oxygens (including phenoxy) is 1. The molecular formula is C19H25N5O2. The number of nitrogen functional groups attached to an aromatic ring is 1. The number of nitrogens with two attached hydrogens (primary N) is 1. The van der Waals surface area contributed by atoms with E-state index < -0.39 is 0 Å². The molecule has 7 heteroatoms. The number of hydrogen-bond donors (Lipinski definition) is 1. The van der Waals surface area contributed by atoms with Crippen molar-refractivity contribution >= 4 is 11.7 Å². The first kappa shape index (κ1) is 18.3. The lowest BCUT2D eigenvalue weighted by Crippen LogP contribution is -2.37. The fourth-order valence-corrected chi connectivity index (χ4v) is 3.09. The first-order chi connectivity index (χ1) is 12.6. The van der Waals surface area contributed by atoms with E-state index in [0.717, 1.165) is 18.5 Å². The number of benzene rings is 1. The summed E-state index contributed by atoms with van der Waals surface area (Å²) in [6.07, 6.45) is 2.60. The summed E-state index contributed by atoms with van der Waals surface area (Å²) in [4.78, 5) is 24.9. The standard InChI is InChI=1S/C19H25N5O2/c1-23(12-18-21-9-7-17(20)22-18)16-8-10-24(11-16)19(25)14-26-13-15-5-3-2-4-6-15/h2-7,9,16H,8,10-14H2,1H3,(H2,20,21,22)/t16-/m1/s1. The number of carbonyl (C=O) groups excluding carboxylic acids is 1. The summed E-state index contributed by atoms with van der Waals surface area (Å²) >= 11 is 0. The van der Waals surface area contributed by atoms with Crippen molar-refractivity contribution in [2.24, 2.45) is 0 Å². The normalized spacial score (nSPS) is 17.0. The van der Waals surface area contributed by atoms with Crippen molar-refractivity contribution in [1.29, 1.82) is 0 Å². The Morgan fingerprint density at radius 3 is 2.92 bits per heavy atom. The largest absolute Gasteiger partial charge is 0.384 e. The van der Waals surface area contributed by atoms with Crippen LogP contribution in [0.4, 0.5) is 5.82 Å². The lowest BCUT2D eigenvalue weighted by atomic mass is 10.2. The zero-order valence-electron chi connectivity index (χ0n) is 15.0. The molecule has 0 bridgehead atoms. The number of carbonyl (C=O) groups is 1. The molecule has 7 nitrogen and oxygen atoms in total. The number of rotatable bonds is 7. The molecule has 0 spiro atoms. The van der Waals surface area contributed by atoms with Gasteiger partial charge in [0.05, 0.1) is 13.2 Å². The number of anilines is 1. The Morgan fingerprint density at radius 2 is 2.15 bits per heavy atom. The van der Waals surface area contributed by atoms with Gasteiger partial charge in [0.25, 0.3) is 0 Å². The Morgan fingerprint density at radius 1 is 1.35 bits per heavy atom. The molecule has 1 aliphatic heterocycles. The molecule has 3 rings (SSSR count). The van der Waals surface area contributed by atoms with Crippen LogP contribution in [-0.2, 0) is 22.7 Å². The number of amides is 1. The van der Waals surface area contributed by atoms with E-state index in [9.17, 15) is 4.79 Å². The molecule has 1 fully saturated rings. The van der Waals surface area contributed by atoms with E-state index in [1.807, 2.05) is 42.3 Å². The van der Waals surface area contributed by atoms with Crippen LogP contribution in [0.5, 0.6) is 0 Å². The predicted octanol–water partition coefficient (Wildman–Crippen LogP) is 1.31. The summed E-state index contributed by atoms with van der Waals surface area (Å²) < 4.78 is 5.56. The number of likely N-dealkylation sites (tertiary alicyclic amines) is 1. The van der Waals surface area contributed by atoms with Crippen molar-refractivity contribution in [3.63, 3.8) is 0 Å². The first-order valence-corrected chi connectivity index (χ1v) is 8.79. The fourth-order valence-electron chi connectivity index (χ4n) is 3.09. The Balaban J connectivity index is 1.43. The van der Waals surface area contributed by atoms with E-state index in [1.165, 1.54) is 0 Å². The van der Waals surface area contributed by atoms with E-state index in [-0.39, 0.29) is 18.6 Å². The first-order valence-electron chi connectivity index (χ1n) is 8.79. The van der Waals surface area contributed by atoms with Crippen LogP contribution in [-0.4, -0.2) is 58.5 Å². The van der Waals surface area contributed by atoms with Gasteiger partial charge in [-0.3, -0.25) is 9.69 Å². The molecule has 0 radical (unpaired) electrons. The van der Waals surface area contributed by atoms with Crippen LogP contribution in [0.15, 0.2) is 42.6 Å². The second kappa shape index (κ2) is 8.73. The van der Waals surface area contributed by atoms with Gasteiger partial charge in [0, 0.05) is 25.3 Å².